The largest absolute Gasteiger partial charge is 0.389 e. The first-order chi connectivity index (χ1) is 5.29. The van der Waals surface area contributed by atoms with Gasteiger partial charge in [-0.25, -0.2) is 0 Å². The first-order valence-corrected chi connectivity index (χ1v) is 5.01. The van der Waals surface area contributed by atoms with E-state index in [0.29, 0.717) is 11.8 Å². The van der Waals surface area contributed by atoms with E-state index >= 15 is 0 Å². The molecular formula is C10H18O. The molecule has 2 saturated carbocycles. The van der Waals surface area contributed by atoms with Crippen LogP contribution in [0.3, 0.4) is 0 Å². The SMILES string of the molecule is CCCC1C2CCCCC12O. The fourth-order valence-electron chi connectivity index (χ4n) is 2.94. The highest BCUT2D eigenvalue weighted by Crippen LogP contribution is 2.60. The van der Waals surface area contributed by atoms with E-state index in [1.165, 1.54) is 32.1 Å². The van der Waals surface area contributed by atoms with Crippen LogP contribution in [-0.4, -0.2) is 10.7 Å². The summed E-state index contributed by atoms with van der Waals surface area (Å²) in [5.74, 6) is 1.37. The third kappa shape index (κ3) is 1.01. The highest BCUT2D eigenvalue weighted by atomic mass is 16.3. The summed E-state index contributed by atoms with van der Waals surface area (Å²) in [4.78, 5) is 0. The summed E-state index contributed by atoms with van der Waals surface area (Å²) in [6, 6.07) is 0. The minimum atomic E-state index is -0.186. The molecule has 2 fully saturated rings. The first kappa shape index (κ1) is 7.60. The molecule has 0 amide bonds. The molecule has 1 nitrogen and oxygen atoms in total. The molecule has 0 spiro atoms. The monoisotopic (exact) mass is 154 g/mol. The standard InChI is InChI=1S/C10H18O/c1-2-5-8-9-6-3-4-7-10(8,9)11/h8-9,11H,2-7H2,1H3. The Morgan fingerprint density at radius 3 is 2.82 bits per heavy atom. The molecule has 0 bridgehead atoms. The second kappa shape index (κ2) is 2.48. The van der Waals surface area contributed by atoms with E-state index in [4.69, 9.17) is 0 Å². The molecule has 0 aromatic rings. The van der Waals surface area contributed by atoms with Crippen molar-refractivity contribution in [3.8, 4) is 0 Å². The number of fused-ring (bicyclic) bond motifs is 1. The Labute approximate surface area is 68.8 Å². The maximum Gasteiger partial charge on any atom is 0.0711 e. The maximum absolute atomic E-state index is 10.0. The van der Waals surface area contributed by atoms with Gasteiger partial charge in [0.05, 0.1) is 5.60 Å². The van der Waals surface area contributed by atoms with Gasteiger partial charge < -0.3 is 5.11 Å². The summed E-state index contributed by atoms with van der Waals surface area (Å²) < 4.78 is 0. The Balaban J connectivity index is 1.96. The first-order valence-electron chi connectivity index (χ1n) is 5.01. The zero-order valence-corrected chi connectivity index (χ0v) is 7.34. The zero-order valence-electron chi connectivity index (χ0n) is 7.34. The summed E-state index contributed by atoms with van der Waals surface area (Å²) in [6.45, 7) is 2.22. The van der Waals surface area contributed by atoms with Crippen molar-refractivity contribution >= 4 is 0 Å². The van der Waals surface area contributed by atoms with Gasteiger partial charge in [-0.2, -0.15) is 0 Å². The van der Waals surface area contributed by atoms with E-state index in [-0.39, 0.29) is 5.60 Å². The van der Waals surface area contributed by atoms with E-state index in [1.807, 2.05) is 0 Å². The van der Waals surface area contributed by atoms with Crippen molar-refractivity contribution in [1.82, 2.24) is 0 Å². The maximum atomic E-state index is 10.0. The molecule has 0 saturated heterocycles. The highest BCUT2D eigenvalue weighted by molar-refractivity contribution is 5.12. The fourth-order valence-corrected chi connectivity index (χ4v) is 2.94. The third-order valence-electron chi connectivity index (χ3n) is 3.60. The predicted octanol–water partition coefficient (Wildman–Crippen LogP) is 2.34. The lowest BCUT2D eigenvalue weighted by Gasteiger charge is -2.15. The molecule has 0 aromatic heterocycles. The molecule has 3 atom stereocenters. The molecule has 0 aliphatic heterocycles. The van der Waals surface area contributed by atoms with E-state index in [2.05, 4.69) is 6.92 Å². The molecule has 2 aliphatic carbocycles. The summed E-state index contributed by atoms with van der Waals surface area (Å²) in [6.07, 6.45) is 7.48. The van der Waals surface area contributed by atoms with E-state index in [9.17, 15) is 5.11 Å². The molecule has 64 valence electrons. The Bertz CT molecular complexity index is 155. The second-order valence-electron chi connectivity index (χ2n) is 4.24. The lowest BCUT2D eigenvalue weighted by atomic mass is 9.98. The van der Waals surface area contributed by atoms with Crippen LogP contribution in [0.5, 0.6) is 0 Å². The molecule has 11 heavy (non-hydrogen) atoms. The fraction of sp³-hybridized carbons (Fsp3) is 1.00. The normalized spacial score (nSPS) is 48.5. The molecule has 2 aliphatic rings. The molecule has 1 N–H and O–H groups in total. The lowest BCUT2D eigenvalue weighted by Crippen LogP contribution is -2.16. The van der Waals surface area contributed by atoms with Crippen LogP contribution >= 0.6 is 0 Å². The van der Waals surface area contributed by atoms with Crippen molar-refractivity contribution in [1.29, 1.82) is 0 Å². The zero-order chi connectivity index (χ0) is 7.90. The van der Waals surface area contributed by atoms with Gasteiger partial charge in [0.25, 0.3) is 0 Å². The summed E-state index contributed by atoms with van der Waals surface area (Å²) >= 11 is 0. The Kier molecular flexibility index (Phi) is 1.71. The number of hydrogen-bond acceptors (Lipinski definition) is 1. The number of rotatable bonds is 2. The van der Waals surface area contributed by atoms with Crippen LogP contribution in [0.1, 0.15) is 45.4 Å². The Morgan fingerprint density at radius 2 is 2.27 bits per heavy atom. The molecule has 1 heteroatoms. The van der Waals surface area contributed by atoms with Crippen molar-refractivity contribution in [3.63, 3.8) is 0 Å². The third-order valence-corrected chi connectivity index (χ3v) is 3.60. The van der Waals surface area contributed by atoms with E-state index in [1.54, 1.807) is 0 Å². The van der Waals surface area contributed by atoms with Crippen molar-refractivity contribution in [2.75, 3.05) is 0 Å². The topological polar surface area (TPSA) is 20.2 Å². The summed E-state index contributed by atoms with van der Waals surface area (Å²) in [7, 11) is 0. The summed E-state index contributed by atoms with van der Waals surface area (Å²) in [5, 5.41) is 10.0. The molecule has 3 unspecified atom stereocenters. The van der Waals surface area contributed by atoms with Crippen LogP contribution < -0.4 is 0 Å². The van der Waals surface area contributed by atoms with Crippen LogP contribution in [-0.2, 0) is 0 Å². The van der Waals surface area contributed by atoms with Gasteiger partial charge in [0.2, 0.25) is 0 Å². The van der Waals surface area contributed by atoms with E-state index in [0.717, 1.165) is 6.42 Å². The highest BCUT2D eigenvalue weighted by Gasteiger charge is 2.62. The Hall–Kier alpha value is -0.0400. The van der Waals surface area contributed by atoms with Crippen molar-refractivity contribution < 1.29 is 5.11 Å². The van der Waals surface area contributed by atoms with Crippen molar-refractivity contribution in [2.45, 2.75) is 51.0 Å². The van der Waals surface area contributed by atoms with Gasteiger partial charge >= 0.3 is 0 Å². The molecule has 0 heterocycles. The van der Waals surface area contributed by atoms with Gasteiger partial charge in [-0.05, 0) is 31.1 Å². The van der Waals surface area contributed by atoms with Gasteiger partial charge in [-0.3, -0.25) is 0 Å². The second-order valence-corrected chi connectivity index (χ2v) is 4.24. The molecular weight excluding hydrogens is 136 g/mol. The minimum Gasteiger partial charge on any atom is -0.389 e. The Morgan fingerprint density at radius 1 is 1.45 bits per heavy atom. The quantitative estimate of drug-likeness (QED) is 0.647. The van der Waals surface area contributed by atoms with Crippen LogP contribution in [0.15, 0.2) is 0 Å². The van der Waals surface area contributed by atoms with Gasteiger partial charge in [0.15, 0.2) is 0 Å². The van der Waals surface area contributed by atoms with Crippen molar-refractivity contribution in [2.24, 2.45) is 11.8 Å². The molecule has 0 radical (unpaired) electrons. The molecule has 2 rings (SSSR count). The van der Waals surface area contributed by atoms with E-state index < -0.39 is 0 Å². The van der Waals surface area contributed by atoms with Crippen LogP contribution in [0.2, 0.25) is 0 Å². The van der Waals surface area contributed by atoms with Gasteiger partial charge in [-0.1, -0.05) is 26.2 Å². The van der Waals surface area contributed by atoms with Gasteiger partial charge in [0.1, 0.15) is 0 Å². The van der Waals surface area contributed by atoms with Crippen LogP contribution in [0.4, 0.5) is 0 Å². The smallest absolute Gasteiger partial charge is 0.0711 e. The summed E-state index contributed by atoms with van der Waals surface area (Å²) in [5.41, 5.74) is -0.186. The van der Waals surface area contributed by atoms with Gasteiger partial charge in [-0.15, -0.1) is 0 Å². The molecule has 0 aromatic carbocycles. The van der Waals surface area contributed by atoms with Gasteiger partial charge in [0, 0.05) is 0 Å². The van der Waals surface area contributed by atoms with Crippen molar-refractivity contribution in [3.05, 3.63) is 0 Å². The number of hydrogen-bond donors (Lipinski definition) is 1. The average molecular weight is 154 g/mol. The lowest BCUT2D eigenvalue weighted by molar-refractivity contribution is 0.0898. The number of aliphatic hydroxyl groups is 1. The predicted molar refractivity (Wildman–Crippen MR) is 45.3 cm³/mol. The van der Waals surface area contributed by atoms with Crippen LogP contribution in [0.25, 0.3) is 0 Å². The van der Waals surface area contributed by atoms with Crippen LogP contribution in [0, 0.1) is 11.8 Å². The minimum absolute atomic E-state index is 0.186. The average Bonchev–Trinajstić information content (AvgIpc) is 2.58.